The number of pyridine rings is 1. The lowest BCUT2D eigenvalue weighted by Gasteiger charge is -2.35. The summed E-state index contributed by atoms with van der Waals surface area (Å²) in [7, 11) is 1.87. The maximum absolute atomic E-state index is 13.8. The van der Waals surface area contributed by atoms with Gasteiger partial charge in [-0.1, -0.05) is 47.5 Å². The van der Waals surface area contributed by atoms with E-state index < -0.39 is 11.4 Å². The average Bonchev–Trinajstić information content (AvgIpc) is 4.01. The van der Waals surface area contributed by atoms with Crippen molar-refractivity contribution in [1.29, 1.82) is 0 Å². The van der Waals surface area contributed by atoms with Crippen LogP contribution in [0, 0.1) is 10.8 Å². The third-order valence-electron chi connectivity index (χ3n) is 14.0. The minimum Gasteiger partial charge on any atom is -0.481 e. The van der Waals surface area contributed by atoms with Gasteiger partial charge in [-0.2, -0.15) is 0 Å². The zero-order valence-electron chi connectivity index (χ0n) is 32.7. The Morgan fingerprint density at radius 2 is 1.60 bits per heavy atom. The molecule has 4 heterocycles. The molecule has 5 aliphatic rings. The van der Waals surface area contributed by atoms with Crippen LogP contribution in [-0.2, 0) is 37.8 Å². The summed E-state index contributed by atoms with van der Waals surface area (Å²) in [5, 5.41) is 26.7. The van der Waals surface area contributed by atoms with Gasteiger partial charge in [-0.3, -0.25) is 29.2 Å². The number of carbonyl (C=O) groups excluding carboxylic acids is 2. The molecule has 58 heavy (non-hydrogen) atoms. The van der Waals surface area contributed by atoms with Crippen molar-refractivity contribution in [2.75, 3.05) is 30.3 Å². The number of hydrogen-bond acceptors (Lipinski definition) is 8. The summed E-state index contributed by atoms with van der Waals surface area (Å²) in [6, 6.07) is 12.7. The van der Waals surface area contributed by atoms with Crippen LogP contribution in [0.4, 0.5) is 11.4 Å². The van der Waals surface area contributed by atoms with Crippen molar-refractivity contribution in [1.82, 2.24) is 24.3 Å². The molecule has 2 aromatic carbocycles. The van der Waals surface area contributed by atoms with E-state index >= 15 is 0 Å². The normalized spacial score (nSPS) is 25.4. The molecule has 0 unspecified atom stereocenters. The van der Waals surface area contributed by atoms with E-state index in [9.17, 15) is 24.6 Å². The maximum atomic E-state index is 13.8. The summed E-state index contributed by atoms with van der Waals surface area (Å²) >= 11 is 13.9. The van der Waals surface area contributed by atoms with Gasteiger partial charge in [0.2, 0.25) is 0 Å². The molecule has 2 bridgehead atoms. The number of fused-ring (bicyclic) bond motifs is 4. The first kappa shape index (κ1) is 39.1. The minimum absolute atomic E-state index is 0.130. The monoisotopic (exact) mass is 825 g/mol. The van der Waals surface area contributed by atoms with E-state index in [2.05, 4.69) is 25.4 Å². The number of aromatic nitrogens is 3. The number of benzene rings is 2. The summed E-state index contributed by atoms with van der Waals surface area (Å²) in [5.41, 5.74) is 5.98. The Morgan fingerprint density at radius 3 is 2.26 bits per heavy atom. The van der Waals surface area contributed by atoms with Gasteiger partial charge in [0.05, 0.1) is 38.6 Å². The molecule has 0 spiro atoms. The molecular weight excluding hydrogens is 777 g/mol. The number of hydrogen-bond donors (Lipinski definition) is 4. The fourth-order valence-corrected chi connectivity index (χ4v) is 11.1. The first-order chi connectivity index (χ1) is 27.9. The molecule has 2 aromatic heterocycles. The smallest absolute Gasteiger partial charge is 0.309 e. The molecule has 2 atom stereocenters. The van der Waals surface area contributed by atoms with Gasteiger partial charge in [-0.05, 0) is 105 Å². The Bertz CT molecular complexity index is 2300. The van der Waals surface area contributed by atoms with E-state index in [1.807, 2.05) is 29.8 Å². The quantitative estimate of drug-likeness (QED) is 0.129. The molecule has 4 aromatic rings. The van der Waals surface area contributed by atoms with E-state index in [1.54, 1.807) is 30.5 Å². The summed E-state index contributed by atoms with van der Waals surface area (Å²) < 4.78 is 1.87. The summed E-state index contributed by atoms with van der Waals surface area (Å²) in [6.45, 7) is 3.93. The van der Waals surface area contributed by atoms with E-state index in [0.29, 0.717) is 57.2 Å². The number of rotatable bonds is 10. The van der Waals surface area contributed by atoms with Crippen LogP contribution in [0.2, 0.25) is 10.0 Å². The lowest BCUT2D eigenvalue weighted by molar-refractivity contribution is -0.148. The van der Waals surface area contributed by atoms with E-state index in [-0.39, 0.29) is 29.4 Å². The Balaban J connectivity index is 0.853. The topological polar surface area (TPSA) is 153 Å². The van der Waals surface area contributed by atoms with Gasteiger partial charge in [0.25, 0.3) is 11.8 Å². The number of imidazole rings is 1. The largest absolute Gasteiger partial charge is 0.481 e. The van der Waals surface area contributed by atoms with E-state index in [4.69, 9.17) is 28.2 Å². The molecule has 14 heteroatoms. The lowest BCUT2D eigenvalue weighted by Crippen LogP contribution is -2.43. The Kier molecular flexibility index (Phi) is 10.4. The van der Waals surface area contributed by atoms with Crippen LogP contribution in [0.15, 0.2) is 48.7 Å². The Hall–Kier alpha value is -4.33. The number of halogens is 2. The molecule has 9 rings (SSSR count). The predicted octanol–water partition coefficient (Wildman–Crippen LogP) is 7.35. The number of anilines is 2. The fourth-order valence-electron chi connectivity index (χ4n) is 10.6. The van der Waals surface area contributed by atoms with Gasteiger partial charge < -0.3 is 25.4 Å². The highest BCUT2D eigenvalue weighted by molar-refractivity contribution is 6.40. The number of carboxylic acids is 1. The van der Waals surface area contributed by atoms with Crippen LogP contribution in [0.25, 0.3) is 11.1 Å². The molecule has 0 saturated heterocycles. The van der Waals surface area contributed by atoms with Crippen LogP contribution in [0.5, 0.6) is 0 Å². The lowest BCUT2D eigenvalue weighted by atomic mass is 9.80. The Labute approximate surface area is 347 Å². The van der Waals surface area contributed by atoms with Crippen LogP contribution < -0.4 is 10.6 Å². The highest BCUT2D eigenvalue weighted by Crippen LogP contribution is 2.63. The third kappa shape index (κ3) is 7.10. The molecule has 0 radical (unpaired) electrons. The number of carbonyl (C=O) groups is 3. The van der Waals surface area contributed by atoms with E-state index in [0.717, 1.165) is 113 Å². The number of nitrogens with one attached hydrogen (secondary N) is 2. The fraction of sp³-hybridized carbons (Fsp3) is 0.477. The van der Waals surface area contributed by atoms with Crippen LogP contribution >= 0.6 is 23.2 Å². The second kappa shape index (κ2) is 15.4. The van der Waals surface area contributed by atoms with Gasteiger partial charge in [0.15, 0.2) is 5.82 Å². The van der Waals surface area contributed by atoms with Crippen molar-refractivity contribution in [3.63, 3.8) is 0 Å². The summed E-state index contributed by atoms with van der Waals surface area (Å²) in [5.74, 6) is -1.09. The highest BCUT2D eigenvalue weighted by atomic mass is 35.5. The minimum atomic E-state index is -0.630. The zero-order valence-corrected chi connectivity index (χ0v) is 34.2. The molecule has 12 nitrogen and oxygen atoms in total. The van der Waals surface area contributed by atoms with Crippen molar-refractivity contribution in [3.05, 3.63) is 92.7 Å². The molecule has 2 amide bonds. The van der Waals surface area contributed by atoms with Crippen molar-refractivity contribution >= 4 is 52.4 Å². The third-order valence-corrected chi connectivity index (χ3v) is 14.8. The van der Waals surface area contributed by atoms with Crippen molar-refractivity contribution in [3.8, 4) is 11.1 Å². The van der Waals surface area contributed by atoms with Gasteiger partial charge in [-0.15, -0.1) is 0 Å². The molecule has 3 saturated carbocycles. The van der Waals surface area contributed by atoms with Crippen molar-refractivity contribution in [2.45, 2.75) is 95.9 Å². The molecule has 4 N–H and O–H groups in total. The molecule has 304 valence electrons. The zero-order chi connectivity index (χ0) is 40.3. The molecule has 3 fully saturated rings. The summed E-state index contributed by atoms with van der Waals surface area (Å²) in [4.78, 5) is 53.2. The van der Waals surface area contributed by atoms with Gasteiger partial charge >= 0.3 is 5.97 Å². The van der Waals surface area contributed by atoms with Gasteiger partial charge in [-0.25, -0.2) is 4.98 Å². The van der Waals surface area contributed by atoms with Gasteiger partial charge in [0.1, 0.15) is 5.69 Å². The number of amides is 2. The first-order valence-corrected chi connectivity index (χ1v) is 21.3. The number of nitrogens with zero attached hydrogens (tertiary/aromatic N) is 5. The molecule has 3 aliphatic carbocycles. The Morgan fingerprint density at radius 1 is 0.897 bits per heavy atom. The SMILES string of the molecule is Cn1c(C(=O)Nc2cccc(-c3cccc(NC(=O)c4cc5c(cn4)CN([C@H]4CCC[C@@H]4O)CC5)c3Cl)c2Cl)nc2c1CCN(CCC13CCC(C(=O)O)(CC1)C3)C2. The van der Waals surface area contributed by atoms with Crippen molar-refractivity contribution < 1.29 is 24.6 Å². The van der Waals surface area contributed by atoms with Gasteiger partial charge in [0, 0.05) is 68.7 Å². The number of aliphatic hydroxyl groups is 1. The number of aliphatic carboxylic acids is 1. The second-order valence-electron chi connectivity index (χ2n) is 17.3. The predicted molar refractivity (Wildman–Crippen MR) is 222 cm³/mol. The number of aliphatic hydroxyl groups excluding tert-OH is 1. The van der Waals surface area contributed by atoms with E-state index in [1.165, 1.54) is 0 Å². The highest BCUT2D eigenvalue weighted by Gasteiger charge is 2.57. The van der Waals surface area contributed by atoms with Crippen LogP contribution in [0.3, 0.4) is 0 Å². The average molecular weight is 827 g/mol. The van der Waals surface area contributed by atoms with Crippen molar-refractivity contribution in [2.24, 2.45) is 17.9 Å². The maximum Gasteiger partial charge on any atom is 0.309 e. The second-order valence-corrected chi connectivity index (χ2v) is 18.0. The molecular formula is C44H49Cl2N7O5. The molecule has 2 aliphatic heterocycles. The first-order valence-electron chi connectivity index (χ1n) is 20.5. The van der Waals surface area contributed by atoms with Crippen LogP contribution in [-0.4, -0.2) is 84.1 Å². The number of carboxylic acid groups (broad SMARTS) is 1. The standard InChI is InChI=1S/C44H49Cl2N7O5/c1-51-34-12-18-52(20-17-43-13-15-44(25-43,16-14-43)42(57)58)24-33(34)48-39(51)41(56)50-31-8-3-6-29(38(31)46)28-5-2-7-30(37(28)45)49-40(55)32-21-26-11-19-53(23-27(26)22-47-32)35-9-4-10-36(35)54/h2-3,5-8,21-22,35-36,54H,4,9-20,23-25H2,1H3,(H,49,55)(H,50,56)(H,57,58)/t35-,36-,43?,44?/m0/s1. The van der Waals surface area contributed by atoms with Crippen LogP contribution in [0.1, 0.15) is 101 Å². The summed E-state index contributed by atoms with van der Waals surface area (Å²) in [6.07, 6.45) is 11.3.